The highest BCUT2D eigenvalue weighted by molar-refractivity contribution is 7.99. The Morgan fingerprint density at radius 1 is 1.24 bits per heavy atom. The van der Waals surface area contributed by atoms with E-state index >= 15 is 0 Å². The van der Waals surface area contributed by atoms with Gasteiger partial charge in [-0.15, -0.1) is 11.8 Å². The third-order valence-corrected chi connectivity index (χ3v) is 4.89. The van der Waals surface area contributed by atoms with Gasteiger partial charge in [0.15, 0.2) is 0 Å². The van der Waals surface area contributed by atoms with Crippen molar-refractivity contribution in [1.29, 1.82) is 0 Å². The van der Waals surface area contributed by atoms with Gasteiger partial charge in [0.25, 0.3) is 5.91 Å². The summed E-state index contributed by atoms with van der Waals surface area (Å²) in [6.07, 6.45) is 0. The van der Waals surface area contributed by atoms with Crippen molar-refractivity contribution in [3.8, 4) is 0 Å². The molecule has 108 valence electrons. The number of halogens is 2. The molecule has 0 N–H and O–H groups in total. The van der Waals surface area contributed by atoms with Crippen LogP contribution in [0.25, 0.3) is 0 Å². The van der Waals surface area contributed by atoms with Crippen molar-refractivity contribution in [3.63, 3.8) is 0 Å². The maximum Gasteiger partial charge on any atom is 0.258 e. The monoisotopic (exact) mass is 321 g/mol. The quantitative estimate of drug-likeness (QED) is 0.818. The van der Waals surface area contributed by atoms with E-state index < -0.39 is 5.82 Å². The van der Waals surface area contributed by atoms with E-state index in [1.54, 1.807) is 34.9 Å². The van der Waals surface area contributed by atoms with Gasteiger partial charge in [-0.3, -0.25) is 4.79 Å². The summed E-state index contributed by atoms with van der Waals surface area (Å²) in [5.74, 6) is 0.0736. The Morgan fingerprint density at radius 2 is 2.05 bits per heavy atom. The third-order valence-electron chi connectivity index (χ3n) is 3.39. The first-order valence-electron chi connectivity index (χ1n) is 6.59. The van der Waals surface area contributed by atoms with Gasteiger partial charge in [-0.2, -0.15) is 0 Å². The average molecular weight is 322 g/mol. The molecule has 1 heterocycles. The molecule has 1 aliphatic heterocycles. The first kappa shape index (κ1) is 14.4. The number of hydrogen-bond donors (Lipinski definition) is 0. The van der Waals surface area contributed by atoms with Gasteiger partial charge in [-0.05, 0) is 29.8 Å². The summed E-state index contributed by atoms with van der Waals surface area (Å²) in [7, 11) is 0. The van der Waals surface area contributed by atoms with E-state index in [4.69, 9.17) is 11.6 Å². The zero-order chi connectivity index (χ0) is 14.8. The smallest absolute Gasteiger partial charge is 0.258 e. The van der Waals surface area contributed by atoms with E-state index in [0.29, 0.717) is 11.6 Å². The van der Waals surface area contributed by atoms with Crippen LogP contribution in [0.4, 0.5) is 4.39 Å². The van der Waals surface area contributed by atoms with Gasteiger partial charge in [-0.1, -0.05) is 35.9 Å². The lowest BCUT2D eigenvalue weighted by Crippen LogP contribution is -2.31. The standard InChI is InChI=1S/C16H13ClFNOS/c17-12-5-3-4-11(10-12)16-19(8-9-21-16)15(20)13-6-1-2-7-14(13)18/h1-7,10,16H,8-9H2. The van der Waals surface area contributed by atoms with Crippen molar-refractivity contribution in [2.24, 2.45) is 0 Å². The van der Waals surface area contributed by atoms with Crippen LogP contribution < -0.4 is 0 Å². The summed E-state index contributed by atoms with van der Waals surface area (Å²) < 4.78 is 13.8. The van der Waals surface area contributed by atoms with Gasteiger partial charge in [0.1, 0.15) is 11.2 Å². The minimum absolute atomic E-state index is 0.115. The van der Waals surface area contributed by atoms with E-state index in [1.165, 1.54) is 12.1 Å². The van der Waals surface area contributed by atoms with Gasteiger partial charge < -0.3 is 4.90 Å². The normalized spacial score (nSPS) is 18.0. The molecule has 21 heavy (non-hydrogen) atoms. The molecule has 3 rings (SSSR count). The number of benzene rings is 2. The molecule has 1 atom stereocenters. The van der Waals surface area contributed by atoms with Crippen molar-refractivity contribution in [3.05, 3.63) is 70.5 Å². The van der Waals surface area contributed by atoms with Crippen molar-refractivity contribution in [2.45, 2.75) is 5.37 Å². The first-order valence-corrected chi connectivity index (χ1v) is 8.02. The van der Waals surface area contributed by atoms with Crippen molar-refractivity contribution in [1.82, 2.24) is 4.90 Å². The molecule has 0 bridgehead atoms. The summed E-state index contributed by atoms with van der Waals surface area (Å²) in [6, 6.07) is 13.5. The van der Waals surface area contributed by atoms with Crippen LogP contribution in [0.2, 0.25) is 5.02 Å². The molecule has 1 unspecified atom stereocenters. The number of carbonyl (C=O) groups is 1. The van der Waals surface area contributed by atoms with Crippen LogP contribution >= 0.6 is 23.4 Å². The number of carbonyl (C=O) groups excluding carboxylic acids is 1. The van der Waals surface area contributed by atoms with Crippen LogP contribution in [0.1, 0.15) is 21.3 Å². The molecule has 1 aliphatic rings. The summed E-state index contributed by atoms with van der Waals surface area (Å²) in [6.45, 7) is 0.606. The lowest BCUT2D eigenvalue weighted by molar-refractivity contribution is 0.0755. The number of rotatable bonds is 2. The Balaban J connectivity index is 1.91. The molecule has 0 saturated carbocycles. The fourth-order valence-corrected chi connectivity index (χ4v) is 3.85. The van der Waals surface area contributed by atoms with E-state index in [9.17, 15) is 9.18 Å². The number of amides is 1. The number of hydrogen-bond acceptors (Lipinski definition) is 2. The van der Waals surface area contributed by atoms with Crippen LogP contribution in [0.15, 0.2) is 48.5 Å². The van der Waals surface area contributed by atoms with Gasteiger partial charge in [0.05, 0.1) is 5.56 Å². The fourth-order valence-electron chi connectivity index (χ4n) is 2.40. The molecule has 1 saturated heterocycles. The van der Waals surface area contributed by atoms with Crippen LogP contribution in [-0.4, -0.2) is 23.1 Å². The molecule has 0 aliphatic carbocycles. The minimum Gasteiger partial charge on any atom is -0.322 e. The second kappa shape index (κ2) is 6.08. The van der Waals surface area contributed by atoms with Crippen LogP contribution in [0.3, 0.4) is 0 Å². The van der Waals surface area contributed by atoms with Gasteiger partial charge in [-0.25, -0.2) is 4.39 Å². The summed E-state index contributed by atoms with van der Waals surface area (Å²) >= 11 is 7.69. The van der Waals surface area contributed by atoms with Crippen molar-refractivity contribution < 1.29 is 9.18 Å². The molecule has 5 heteroatoms. The predicted molar refractivity (Wildman–Crippen MR) is 84.1 cm³/mol. The van der Waals surface area contributed by atoms with Gasteiger partial charge >= 0.3 is 0 Å². The summed E-state index contributed by atoms with van der Waals surface area (Å²) in [4.78, 5) is 14.3. The second-order valence-corrected chi connectivity index (χ2v) is 6.38. The second-order valence-electron chi connectivity index (χ2n) is 4.76. The molecule has 2 nitrogen and oxygen atoms in total. The van der Waals surface area contributed by atoms with Gasteiger partial charge in [0, 0.05) is 17.3 Å². The van der Waals surface area contributed by atoms with E-state index in [1.807, 2.05) is 18.2 Å². The lowest BCUT2D eigenvalue weighted by atomic mass is 10.1. The first-order chi connectivity index (χ1) is 10.2. The molecule has 0 radical (unpaired) electrons. The van der Waals surface area contributed by atoms with Crippen molar-refractivity contribution >= 4 is 29.3 Å². The topological polar surface area (TPSA) is 20.3 Å². The zero-order valence-electron chi connectivity index (χ0n) is 11.1. The highest BCUT2D eigenvalue weighted by Gasteiger charge is 2.32. The Labute approximate surface area is 131 Å². The van der Waals surface area contributed by atoms with Crippen LogP contribution in [0, 0.1) is 5.82 Å². The Morgan fingerprint density at radius 3 is 2.81 bits per heavy atom. The number of thioether (sulfide) groups is 1. The fraction of sp³-hybridized carbons (Fsp3) is 0.188. The Bertz CT molecular complexity index is 679. The largest absolute Gasteiger partial charge is 0.322 e. The Hall–Kier alpha value is -1.52. The predicted octanol–water partition coefficient (Wildman–Crippen LogP) is 4.37. The summed E-state index contributed by atoms with van der Waals surface area (Å²) in [5, 5.41) is 0.522. The molecule has 1 amide bonds. The van der Waals surface area contributed by atoms with Crippen LogP contribution in [0.5, 0.6) is 0 Å². The highest BCUT2D eigenvalue weighted by Crippen LogP contribution is 2.39. The maximum atomic E-state index is 13.8. The average Bonchev–Trinajstić information content (AvgIpc) is 2.96. The minimum atomic E-state index is -0.482. The zero-order valence-corrected chi connectivity index (χ0v) is 12.7. The molecule has 2 aromatic rings. The van der Waals surface area contributed by atoms with Crippen LogP contribution in [-0.2, 0) is 0 Å². The molecule has 0 spiro atoms. The molecule has 2 aromatic carbocycles. The molecule has 0 aromatic heterocycles. The number of nitrogens with zero attached hydrogens (tertiary/aromatic N) is 1. The third kappa shape index (κ3) is 2.92. The highest BCUT2D eigenvalue weighted by atomic mass is 35.5. The van der Waals surface area contributed by atoms with E-state index in [-0.39, 0.29) is 16.8 Å². The van der Waals surface area contributed by atoms with Crippen molar-refractivity contribution in [2.75, 3.05) is 12.3 Å². The van der Waals surface area contributed by atoms with Gasteiger partial charge in [0.2, 0.25) is 0 Å². The van der Waals surface area contributed by atoms with E-state index in [2.05, 4.69) is 0 Å². The lowest BCUT2D eigenvalue weighted by Gasteiger charge is -2.24. The molecular formula is C16H13ClFNOS. The summed E-state index contributed by atoms with van der Waals surface area (Å²) in [5.41, 5.74) is 1.08. The SMILES string of the molecule is O=C(c1ccccc1F)N1CCSC1c1cccc(Cl)c1. The van der Waals surface area contributed by atoms with E-state index in [0.717, 1.165) is 11.3 Å². The Kier molecular flexibility index (Phi) is 4.17. The molecular weight excluding hydrogens is 309 g/mol. The maximum absolute atomic E-state index is 13.8. The molecule has 1 fully saturated rings.